The lowest BCUT2D eigenvalue weighted by molar-refractivity contribution is -0.127. The standard InChI is InChI=1S/C29H39N3O3/c1-19-9-10-25-24(17-19)26(20(2)21(3)31-25)28(34)32-15-13-29(14-16-32)12-11-23(35-29)18-30-27(33)22-7-5-4-6-8-22/h9-10,17,22-23H,4-8,11-16,18H2,1-3H3,(H,30,33). The van der Waals surface area contributed by atoms with Crippen LogP contribution in [0.5, 0.6) is 0 Å². The second-order valence-electron chi connectivity index (χ2n) is 11.1. The number of pyridine rings is 1. The number of hydrogen-bond acceptors (Lipinski definition) is 4. The van der Waals surface area contributed by atoms with Gasteiger partial charge in [-0.3, -0.25) is 14.6 Å². The molecule has 1 unspecified atom stereocenters. The third-order valence-corrected chi connectivity index (χ3v) is 8.62. The molecule has 3 aliphatic rings. The van der Waals surface area contributed by atoms with E-state index in [0.29, 0.717) is 19.6 Å². The highest BCUT2D eigenvalue weighted by atomic mass is 16.5. The predicted molar refractivity (Wildman–Crippen MR) is 138 cm³/mol. The van der Waals surface area contributed by atoms with Crippen LogP contribution in [0, 0.1) is 26.7 Å². The monoisotopic (exact) mass is 477 g/mol. The molecule has 1 aromatic carbocycles. The summed E-state index contributed by atoms with van der Waals surface area (Å²) in [5.74, 6) is 0.501. The van der Waals surface area contributed by atoms with Gasteiger partial charge in [0, 0.05) is 36.6 Å². The van der Waals surface area contributed by atoms with Gasteiger partial charge in [-0.25, -0.2) is 0 Å². The summed E-state index contributed by atoms with van der Waals surface area (Å²) in [5, 5.41) is 4.11. The van der Waals surface area contributed by atoms with Crippen molar-refractivity contribution in [3.05, 3.63) is 40.6 Å². The molecule has 2 aromatic rings. The second-order valence-corrected chi connectivity index (χ2v) is 11.1. The summed E-state index contributed by atoms with van der Waals surface area (Å²) < 4.78 is 6.53. The van der Waals surface area contributed by atoms with E-state index < -0.39 is 0 Å². The summed E-state index contributed by atoms with van der Waals surface area (Å²) in [5.41, 5.74) is 4.54. The predicted octanol–water partition coefficient (Wildman–Crippen LogP) is 5.01. The molecule has 5 rings (SSSR count). The number of fused-ring (bicyclic) bond motifs is 1. The van der Waals surface area contributed by atoms with Gasteiger partial charge in [-0.05, 0) is 77.0 Å². The molecule has 6 nitrogen and oxygen atoms in total. The topological polar surface area (TPSA) is 71.5 Å². The minimum Gasteiger partial charge on any atom is -0.370 e. The molecule has 6 heteroatoms. The number of rotatable bonds is 4. The number of hydrogen-bond donors (Lipinski definition) is 1. The van der Waals surface area contributed by atoms with Gasteiger partial charge in [0.15, 0.2) is 0 Å². The number of amides is 2. The Balaban J connectivity index is 1.20. The van der Waals surface area contributed by atoms with E-state index in [1.165, 1.54) is 19.3 Å². The molecule has 0 radical (unpaired) electrons. The van der Waals surface area contributed by atoms with Crippen LogP contribution < -0.4 is 5.32 Å². The molecule has 1 N–H and O–H groups in total. The van der Waals surface area contributed by atoms with Crippen molar-refractivity contribution in [2.45, 2.75) is 90.3 Å². The highest BCUT2D eigenvalue weighted by molar-refractivity contribution is 6.07. The highest BCUT2D eigenvalue weighted by Crippen LogP contribution is 2.39. The maximum atomic E-state index is 13.7. The van der Waals surface area contributed by atoms with Gasteiger partial charge in [-0.2, -0.15) is 0 Å². The van der Waals surface area contributed by atoms with Crippen LogP contribution in [0.1, 0.15) is 85.0 Å². The Kier molecular flexibility index (Phi) is 6.84. The summed E-state index contributed by atoms with van der Waals surface area (Å²) in [7, 11) is 0. The van der Waals surface area contributed by atoms with Crippen molar-refractivity contribution in [3.8, 4) is 0 Å². The average molecular weight is 478 g/mol. The Morgan fingerprint density at radius 2 is 1.80 bits per heavy atom. The molecule has 188 valence electrons. The first-order chi connectivity index (χ1) is 16.8. The van der Waals surface area contributed by atoms with Crippen LogP contribution in [0.2, 0.25) is 0 Å². The van der Waals surface area contributed by atoms with E-state index in [4.69, 9.17) is 9.72 Å². The SMILES string of the molecule is Cc1ccc2nc(C)c(C)c(C(=O)N3CCC4(CCC(CNC(=O)C5CCCCC5)O4)CC3)c2c1. The Hall–Kier alpha value is -2.47. The Morgan fingerprint density at radius 1 is 1.06 bits per heavy atom. The average Bonchev–Trinajstić information content (AvgIpc) is 3.26. The largest absolute Gasteiger partial charge is 0.370 e. The zero-order chi connectivity index (χ0) is 24.6. The molecule has 35 heavy (non-hydrogen) atoms. The quantitative estimate of drug-likeness (QED) is 0.672. The fourth-order valence-electron chi connectivity index (χ4n) is 6.28. The van der Waals surface area contributed by atoms with Gasteiger partial charge in [0.25, 0.3) is 5.91 Å². The zero-order valence-electron chi connectivity index (χ0n) is 21.5. The number of nitrogens with one attached hydrogen (secondary N) is 1. The maximum absolute atomic E-state index is 13.7. The van der Waals surface area contributed by atoms with Gasteiger partial charge in [0.1, 0.15) is 0 Å². The number of benzene rings is 1. The van der Waals surface area contributed by atoms with Crippen LogP contribution in [-0.2, 0) is 9.53 Å². The zero-order valence-corrected chi connectivity index (χ0v) is 21.5. The van der Waals surface area contributed by atoms with Gasteiger partial charge in [-0.15, -0.1) is 0 Å². The molecular formula is C29H39N3O3. The van der Waals surface area contributed by atoms with Gasteiger partial charge >= 0.3 is 0 Å². The fourth-order valence-corrected chi connectivity index (χ4v) is 6.28. The van der Waals surface area contributed by atoms with E-state index in [1.807, 2.05) is 24.8 Å². The minimum atomic E-state index is -0.154. The van der Waals surface area contributed by atoms with Crippen LogP contribution in [0.4, 0.5) is 0 Å². The number of carbonyl (C=O) groups excluding carboxylic acids is 2. The second kappa shape index (κ2) is 9.88. The van der Waals surface area contributed by atoms with Gasteiger partial charge in [0.05, 0.1) is 22.8 Å². The molecular weight excluding hydrogens is 438 g/mol. The molecule has 3 fully saturated rings. The lowest BCUT2D eigenvalue weighted by Crippen LogP contribution is -2.47. The summed E-state index contributed by atoms with van der Waals surface area (Å²) in [6.07, 6.45) is 9.43. The first-order valence-electron chi connectivity index (χ1n) is 13.5. The molecule has 1 saturated carbocycles. The van der Waals surface area contributed by atoms with Crippen LogP contribution in [-0.4, -0.2) is 53.0 Å². The summed E-state index contributed by atoms with van der Waals surface area (Å²) in [6, 6.07) is 6.15. The Bertz CT molecular complexity index is 1110. The molecule has 2 aliphatic heterocycles. The van der Waals surface area contributed by atoms with Gasteiger partial charge < -0.3 is 15.0 Å². The number of ether oxygens (including phenoxy) is 1. The number of likely N-dealkylation sites (tertiary alicyclic amines) is 1. The van der Waals surface area contributed by atoms with Crippen LogP contribution in [0.15, 0.2) is 18.2 Å². The lowest BCUT2D eigenvalue weighted by Gasteiger charge is -2.39. The minimum absolute atomic E-state index is 0.0850. The van der Waals surface area contributed by atoms with E-state index in [-0.39, 0.29) is 29.4 Å². The number of carbonyl (C=O) groups is 2. The molecule has 3 heterocycles. The van der Waals surface area contributed by atoms with Crippen LogP contribution >= 0.6 is 0 Å². The van der Waals surface area contributed by atoms with E-state index in [1.54, 1.807) is 0 Å². The van der Waals surface area contributed by atoms with Crippen molar-refractivity contribution in [2.24, 2.45) is 5.92 Å². The van der Waals surface area contributed by atoms with Crippen LogP contribution in [0.25, 0.3) is 10.9 Å². The lowest BCUT2D eigenvalue weighted by atomic mass is 9.88. The summed E-state index contributed by atoms with van der Waals surface area (Å²) in [4.78, 5) is 32.9. The van der Waals surface area contributed by atoms with E-state index >= 15 is 0 Å². The van der Waals surface area contributed by atoms with Gasteiger partial charge in [-0.1, -0.05) is 30.9 Å². The number of aromatic nitrogens is 1. The molecule has 2 amide bonds. The number of nitrogens with zero attached hydrogens (tertiary/aromatic N) is 2. The third kappa shape index (κ3) is 4.95. The van der Waals surface area contributed by atoms with E-state index in [9.17, 15) is 9.59 Å². The normalized spacial score (nSPS) is 22.6. The number of piperidine rings is 1. The fraction of sp³-hybridized carbons (Fsp3) is 0.621. The highest BCUT2D eigenvalue weighted by Gasteiger charge is 2.43. The van der Waals surface area contributed by atoms with Crippen molar-refractivity contribution in [1.29, 1.82) is 0 Å². The Morgan fingerprint density at radius 3 is 2.54 bits per heavy atom. The number of aryl methyl sites for hydroxylation is 2. The van der Waals surface area contributed by atoms with Crippen molar-refractivity contribution < 1.29 is 14.3 Å². The molecule has 1 atom stereocenters. The molecule has 2 saturated heterocycles. The first-order valence-corrected chi connectivity index (χ1v) is 13.5. The maximum Gasteiger partial charge on any atom is 0.254 e. The summed E-state index contributed by atoms with van der Waals surface area (Å²) >= 11 is 0. The van der Waals surface area contributed by atoms with E-state index in [0.717, 1.165) is 71.8 Å². The Labute approximate surface area is 208 Å². The van der Waals surface area contributed by atoms with Crippen molar-refractivity contribution in [3.63, 3.8) is 0 Å². The van der Waals surface area contributed by atoms with E-state index in [2.05, 4.69) is 24.4 Å². The molecule has 1 aliphatic carbocycles. The van der Waals surface area contributed by atoms with Crippen molar-refractivity contribution in [2.75, 3.05) is 19.6 Å². The molecule has 1 spiro atoms. The molecule has 0 bridgehead atoms. The van der Waals surface area contributed by atoms with Crippen molar-refractivity contribution >= 4 is 22.7 Å². The smallest absolute Gasteiger partial charge is 0.254 e. The van der Waals surface area contributed by atoms with Gasteiger partial charge in [0.2, 0.25) is 5.91 Å². The summed E-state index contributed by atoms with van der Waals surface area (Å²) in [6.45, 7) is 8.06. The van der Waals surface area contributed by atoms with Crippen LogP contribution in [0.3, 0.4) is 0 Å². The molecule has 1 aromatic heterocycles. The first kappa shape index (κ1) is 24.2. The van der Waals surface area contributed by atoms with Crippen molar-refractivity contribution in [1.82, 2.24) is 15.2 Å². The third-order valence-electron chi connectivity index (χ3n) is 8.62.